The predicted molar refractivity (Wildman–Crippen MR) is 126 cm³/mol. The zero-order chi connectivity index (χ0) is 24.2. The molecule has 0 N–H and O–H groups in total. The topological polar surface area (TPSA) is 119 Å². The fourth-order valence-electron chi connectivity index (χ4n) is 3.06. The van der Waals surface area contributed by atoms with Crippen LogP contribution in [-0.4, -0.2) is 36.3 Å². The van der Waals surface area contributed by atoms with E-state index < -0.39 is 15.9 Å². The van der Waals surface area contributed by atoms with Crippen molar-refractivity contribution in [3.63, 3.8) is 0 Å². The Bertz CT molecular complexity index is 1450. The number of nitrogens with zero attached hydrogens (tertiary/aromatic N) is 5. The lowest BCUT2D eigenvalue weighted by Crippen LogP contribution is -2.32. The third-order valence-corrected chi connectivity index (χ3v) is 8.54. The van der Waals surface area contributed by atoms with Gasteiger partial charge in [0.15, 0.2) is 4.80 Å². The molecule has 2 aromatic carbocycles. The van der Waals surface area contributed by atoms with E-state index in [1.807, 2.05) is 12.1 Å². The molecule has 0 unspecified atom stereocenters. The Labute approximate surface area is 204 Å². The van der Waals surface area contributed by atoms with Crippen molar-refractivity contribution in [3.05, 3.63) is 56.8 Å². The van der Waals surface area contributed by atoms with Gasteiger partial charge in [-0.2, -0.15) is 19.8 Å². The lowest BCUT2D eigenvalue weighted by atomic mass is 10.2. The van der Waals surface area contributed by atoms with Gasteiger partial charge in [0.1, 0.15) is 0 Å². The van der Waals surface area contributed by atoms with Crippen LogP contribution >= 0.6 is 34.5 Å². The molecule has 1 amide bonds. The number of carbonyl (C=O) groups is 1. The third-order valence-electron chi connectivity index (χ3n) is 4.73. The molecule has 0 atom stereocenters. The van der Waals surface area contributed by atoms with Gasteiger partial charge in [-0.15, -0.1) is 0 Å². The zero-order valence-corrected chi connectivity index (χ0v) is 20.5. The standard InChI is InChI=1S/C21H17Cl2N5O3S2/c1-27-18-16(22)8-9-17(23)19(18)32-21(27)26-20(29)14-4-6-15(7-5-14)33(30,31)28(12-2-10-24)13-3-11-25/h4-9H,2-3,12-13H2,1H3. The van der Waals surface area contributed by atoms with Gasteiger partial charge in [-0.3, -0.25) is 4.79 Å². The van der Waals surface area contributed by atoms with Crippen LogP contribution in [0.1, 0.15) is 23.2 Å². The number of rotatable bonds is 7. The molecule has 0 spiro atoms. The van der Waals surface area contributed by atoms with E-state index in [4.69, 9.17) is 33.7 Å². The molecule has 12 heteroatoms. The van der Waals surface area contributed by atoms with E-state index in [1.54, 1.807) is 23.7 Å². The normalized spacial score (nSPS) is 12.1. The second-order valence-electron chi connectivity index (χ2n) is 6.81. The van der Waals surface area contributed by atoms with Crippen LogP contribution in [0.25, 0.3) is 10.2 Å². The minimum Gasteiger partial charge on any atom is -0.318 e. The number of hydrogen-bond donors (Lipinski definition) is 0. The number of sulfonamides is 1. The van der Waals surface area contributed by atoms with Crippen LogP contribution in [0.15, 0.2) is 46.3 Å². The summed E-state index contributed by atoms with van der Waals surface area (Å²) in [5.74, 6) is -0.556. The SMILES string of the molecule is Cn1c(=NC(=O)c2ccc(S(=O)(=O)N(CCC#N)CCC#N)cc2)sc2c(Cl)ccc(Cl)c21. The Balaban J connectivity index is 1.92. The summed E-state index contributed by atoms with van der Waals surface area (Å²) in [7, 11) is -2.20. The van der Waals surface area contributed by atoms with E-state index >= 15 is 0 Å². The molecule has 1 aromatic heterocycles. The van der Waals surface area contributed by atoms with E-state index in [0.29, 0.717) is 25.1 Å². The minimum absolute atomic E-state index is 0.000323. The molecular formula is C21H17Cl2N5O3S2. The number of fused-ring (bicyclic) bond motifs is 1. The Hall–Kier alpha value is -2.73. The number of amides is 1. The summed E-state index contributed by atoms with van der Waals surface area (Å²) in [6.07, 6.45) is 0.000647. The molecule has 0 saturated carbocycles. The molecule has 170 valence electrons. The summed E-state index contributed by atoms with van der Waals surface area (Å²) < 4.78 is 29.3. The molecule has 0 radical (unpaired) electrons. The molecule has 0 fully saturated rings. The largest absolute Gasteiger partial charge is 0.318 e. The summed E-state index contributed by atoms with van der Waals surface area (Å²) in [4.78, 5) is 17.2. The highest BCUT2D eigenvalue weighted by Crippen LogP contribution is 2.31. The van der Waals surface area contributed by atoms with Crippen molar-refractivity contribution in [2.24, 2.45) is 12.0 Å². The van der Waals surface area contributed by atoms with Crippen LogP contribution in [0.5, 0.6) is 0 Å². The van der Waals surface area contributed by atoms with Crippen molar-refractivity contribution < 1.29 is 13.2 Å². The van der Waals surface area contributed by atoms with Gasteiger partial charge in [0.05, 0.1) is 37.3 Å². The number of aromatic nitrogens is 1. The summed E-state index contributed by atoms with van der Waals surface area (Å²) in [5, 5.41) is 18.6. The first-order valence-electron chi connectivity index (χ1n) is 9.57. The van der Waals surface area contributed by atoms with E-state index in [2.05, 4.69) is 4.99 Å². The lowest BCUT2D eigenvalue weighted by Gasteiger charge is -2.20. The Morgan fingerprint density at radius 2 is 1.64 bits per heavy atom. The average molecular weight is 522 g/mol. The summed E-state index contributed by atoms with van der Waals surface area (Å²) >= 11 is 13.7. The fourth-order valence-corrected chi connectivity index (χ4v) is 6.16. The Morgan fingerprint density at radius 3 is 2.18 bits per heavy atom. The summed E-state index contributed by atoms with van der Waals surface area (Å²) in [6, 6.07) is 12.5. The molecule has 33 heavy (non-hydrogen) atoms. The van der Waals surface area contributed by atoms with Crippen molar-refractivity contribution in [3.8, 4) is 12.1 Å². The smallest absolute Gasteiger partial charge is 0.279 e. The molecule has 3 rings (SSSR count). The number of thiazole rings is 1. The number of halogens is 2. The molecule has 3 aromatic rings. The van der Waals surface area contributed by atoms with Crippen LogP contribution < -0.4 is 4.80 Å². The quantitative estimate of drug-likeness (QED) is 0.463. The van der Waals surface area contributed by atoms with E-state index in [-0.39, 0.29) is 36.4 Å². The van der Waals surface area contributed by atoms with Crippen LogP contribution in [0.4, 0.5) is 0 Å². The fraction of sp³-hybridized carbons (Fsp3) is 0.238. The first kappa shape index (κ1) is 24.9. The van der Waals surface area contributed by atoms with Crippen molar-refractivity contribution in [2.75, 3.05) is 13.1 Å². The van der Waals surface area contributed by atoms with Crippen LogP contribution in [0, 0.1) is 22.7 Å². The molecule has 0 saturated heterocycles. The van der Waals surface area contributed by atoms with Crippen molar-refractivity contribution in [2.45, 2.75) is 17.7 Å². The highest BCUT2D eigenvalue weighted by atomic mass is 35.5. The maximum atomic E-state index is 12.9. The number of nitriles is 2. The van der Waals surface area contributed by atoms with Gasteiger partial charge in [-0.25, -0.2) is 8.42 Å². The number of carbonyl (C=O) groups excluding carboxylic acids is 1. The summed E-state index contributed by atoms with van der Waals surface area (Å²) in [6.45, 7) is -0.0475. The highest BCUT2D eigenvalue weighted by molar-refractivity contribution is 7.89. The summed E-state index contributed by atoms with van der Waals surface area (Å²) in [5.41, 5.74) is 0.862. The van der Waals surface area contributed by atoms with Gasteiger partial charge < -0.3 is 4.57 Å². The third kappa shape index (κ3) is 5.27. The first-order chi connectivity index (χ1) is 15.7. The number of aryl methyl sites for hydroxylation is 1. The zero-order valence-electron chi connectivity index (χ0n) is 17.3. The van der Waals surface area contributed by atoms with E-state index in [0.717, 1.165) is 4.31 Å². The monoisotopic (exact) mass is 521 g/mol. The molecule has 0 aliphatic rings. The van der Waals surface area contributed by atoms with Crippen molar-refractivity contribution in [1.82, 2.24) is 8.87 Å². The van der Waals surface area contributed by atoms with Gasteiger partial charge in [0, 0.05) is 38.5 Å². The number of hydrogen-bond acceptors (Lipinski definition) is 6. The van der Waals surface area contributed by atoms with E-state index in [9.17, 15) is 13.2 Å². The van der Waals surface area contributed by atoms with Gasteiger partial charge in [0.25, 0.3) is 5.91 Å². The molecule has 8 nitrogen and oxygen atoms in total. The van der Waals surface area contributed by atoms with Gasteiger partial charge in [0.2, 0.25) is 10.0 Å². The predicted octanol–water partition coefficient (Wildman–Crippen LogP) is 4.11. The average Bonchev–Trinajstić information content (AvgIpc) is 3.13. The minimum atomic E-state index is -3.92. The first-order valence-corrected chi connectivity index (χ1v) is 12.6. The second-order valence-corrected chi connectivity index (χ2v) is 10.5. The van der Waals surface area contributed by atoms with Crippen molar-refractivity contribution >= 4 is 60.7 Å². The second kappa shape index (κ2) is 10.5. The van der Waals surface area contributed by atoms with E-state index in [1.165, 1.54) is 35.6 Å². The Kier molecular flexibility index (Phi) is 7.90. The van der Waals surface area contributed by atoms with Crippen molar-refractivity contribution in [1.29, 1.82) is 10.5 Å². The van der Waals surface area contributed by atoms with Gasteiger partial charge in [-0.05, 0) is 36.4 Å². The van der Waals surface area contributed by atoms with Crippen LogP contribution in [0.2, 0.25) is 10.0 Å². The van der Waals surface area contributed by atoms with Crippen LogP contribution in [-0.2, 0) is 17.1 Å². The molecule has 0 aliphatic heterocycles. The van der Waals surface area contributed by atoms with Crippen LogP contribution in [0.3, 0.4) is 0 Å². The van der Waals surface area contributed by atoms with Gasteiger partial charge in [-0.1, -0.05) is 34.5 Å². The molecule has 0 aliphatic carbocycles. The molecule has 0 bridgehead atoms. The Morgan fingerprint density at radius 1 is 1.06 bits per heavy atom. The maximum Gasteiger partial charge on any atom is 0.279 e. The lowest BCUT2D eigenvalue weighted by molar-refractivity contribution is 0.0998. The molecule has 1 heterocycles. The number of benzene rings is 2. The maximum absolute atomic E-state index is 12.9. The molecular weight excluding hydrogens is 505 g/mol. The van der Waals surface area contributed by atoms with Gasteiger partial charge >= 0.3 is 0 Å². The highest BCUT2D eigenvalue weighted by Gasteiger charge is 2.24.